The monoisotopic (exact) mass is 312 g/mol. The van der Waals surface area contributed by atoms with Crippen LogP contribution in [0, 0.1) is 0 Å². The van der Waals surface area contributed by atoms with Crippen molar-refractivity contribution in [3.05, 3.63) is 0 Å². The van der Waals surface area contributed by atoms with Crippen LogP contribution in [0.2, 0.25) is 0 Å². The number of unbranched alkanes of at least 4 members (excludes halogenated alkanes) is 2. The van der Waals surface area contributed by atoms with E-state index in [0.717, 1.165) is 32.3 Å². The molecule has 5 heteroatoms. The molecule has 3 atom stereocenters. The third kappa shape index (κ3) is 6.97. The van der Waals surface area contributed by atoms with Crippen molar-refractivity contribution < 1.29 is 4.74 Å². The smallest absolute Gasteiger partial charge is 0.191 e. The first-order valence-corrected chi connectivity index (χ1v) is 8.89. The zero-order chi connectivity index (χ0) is 16.4. The molecule has 0 aliphatic carbocycles. The Balaban J connectivity index is 2.30. The average Bonchev–Trinajstić information content (AvgIpc) is 2.51. The van der Waals surface area contributed by atoms with Gasteiger partial charge in [-0.25, -0.2) is 0 Å². The minimum absolute atomic E-state index is 0.468. The molecule has 0 aromatic heterocycles. The Kier molecular flexibility index (Phi) is 9.48. The molecule has 1 fully saturated rings. The van der Waals surface area contributed by atoms with E-state index in [-0.39, 0.29) is 0 Å². The van der Waals surface area contributed by atoms with Crippen molar-refractivity contribution in [2.24, 2.45) is 4.99 Å². The van der Waals surface area contributed by atoms with Gasteiger partial charge in [-0.2, -0.15) is 0 Å². The van der Waals surface area contributed by atoms with Crippen molar-refractivity contribution in [2.45, 2.75) is 71.5 Å². The van der Waals surface area contributed by atoms with Crippen molar-refractivity contribution in [1.29, 1.82) is 0 Å². The lowest BCUT2D eigenvalue weighted by Gasteiger charge is -2.38. The molecule has 22 heavy (non-hydrogen) atoms. The van der Waals surface area contributed by atoms with Gasteiger partial charge in [0.2, 0.25) is 0 Å². The highest BCUT2D eigenvalue weighted by Crippen LogP contribution is 2.10. The first-order valence-electron chi connectivity index (χ1n) is 8.89. The number of guanidine groups is 1. The Bertz CT molecular complexity index is 322. The van der Waals surface area contributed by atoms with Crippen molar-refractivity contribution >= 4 is 5.96 Å². The minimum atomic E-state index is 0.468. The van der Waals surface area contributed by atoms with E-state index in [2.05, 4.69) is 48.2 Å². The summed E-state index contributed by atoms with van der Waals surface area (Å²) in [4.78, 5) is 6.85. The number of morpholine rings is 1. The van der Waals surface area contributed by atoms with Gasteiger partial charge in [0.25, 0.3) is 0 Å². The topological polar surface area (TPSA) is 48.9 Å². The highest BCUT2D eigenvalue weighted by molar-refractivity contribution is 5.79. The molecule has 1 rings (SSSR count). The normalized spacial score (nSPS) is 23.1. The molecule has 1 heterocycles. The minimum Gasteiger partial charge on any atom is -0.379 e. The molecule has 0 saturated carbocycles. The van der Waals surface area contributed by atoms with Gasteiger partial charge in [0.15, 0.2) is 5.96 Å². The lowest BCUT2D eigenvalue weighted by molar-refractivity contribution is -0.0174. The van der Waals surface area contributed by atoms with Crippen LogP contribution in [0.25, 0.3) is 0 Å². The van der Waals surface area contributed by atoms with E-state index in [1.807, 2.05) is 7.05 Å². The summed E-state index contributed by atoms with van der Waals surface area (Å²) in [5.74, 6) is 0.914. The number of hydrogen-bond acceptors (Lipinski definition) is 3. The fourth-order valence-electron chi connectivity index (χ4n) is 2.96. The summed E-state index contributed by atoms with van der Waals surface area (Å²) in [7, 11) is 1.84. The molecule has 0 aromatic carbocycles. The first-order chi connectivity index (χ1) is 10.6. The van der Waals surface area contributed by atoms with Gasteiger partial charge in [-0.05, 0) is 27.2 Å². The van der Waals surface area contributed by atoms with E-state index >= 15 is 0 Å². The van der Waals surface area contributed by atoms with Gasteiger partial charge in [-0.3, -0.25) is 9.89 Å². The lowest BCUT2D eigenvalue weighted by Crippen LogP contribution is -2.53. The maximum atomic E-state index is 5.51. The molecular formula is C17H36N4O. The van der Waals surface area contributed by atoms with Gasteiger partial charge < -0.3 is 15.4 Å². The van der Waals surface area contributed by atoms with Crippen LogP contribution in [0.3, 0.4) is 0 Å². The molecule has 1 saturated heterocycles. The standard InChI is InChI=1S/C17H36N4O/c1-6-7-8-9-14(2)20-17(18-5)19-12-15(3)21-10-11-22-13-16(21)4/h14-16H,6-13H2,1-5H3,(H2,18,19,20). The molecule has 1 aliphatic heterocycles. The Morgan fingerprint density at radius 2 is 2.14 bits per heavy atom. The Hall–Kier alpha value is -0.810. The summed E-state index contributed by atoms with van der Waals surface area (Å²) in [5.41, 5.74) is 0. The number of hydrogen-bond donors (Lipinski definition) is 2. The molecule has 0 radical (unpaired) electrons. The number of rotatable bonds is 8. The SMILES string of the molecule is CCCCCC(C)NC(=NC)NCC(C)N1CCOCC1C. The summed E-state index contributed by atoms with van der Waals surface area (Å²) in [6.45, 7) is 12.6. The molecule has 0 aromatic rings. The summed E-state index contributed by atoms with van der Waals surface area (Å²) in [5, 5.41) is 6.96. The summed E-state index contributed by atoms with van der Waals surface area (Å²) >= 11 is 0. The molecule has 1 aliphatic rings. The summed E-state index contributed by atoms with van der Waals surface area (Å²) < 4.78 is 5.51. The van der Waals surface area contributed by atoms with E-state index in [1.54, 1.807) is 0 Å². The Morgan fingerprint density at radius 1 is 1.36 bits per heavy atom. The number of nitrogens with one attached hydrogen (secondary N) is 2. The van der Waals surface area contributed by atoms with Crippen LogP contribution in [-0.2, 0) is 4.74 Å². The zero-order valence-electron chi connectivity index (χ0n) is 15.2. The summed E-state index contributed by atoms with van der Waals surface area (Å²) in [6, 6.07) is 1.44. The first kappa shape index (κ1) is 19.2. The fraction of sp³-hybridized carbons (Fsp3) is 0.941. The van der Waals surface area contributed by atoms with Crippen LogP contribution in [0.15, 0.2) is 4.99 Å². The van der Waals surface area contributed by atoms with Crippen LogP contribution in [-0.4, -0.2) is 62.3 Å². The van der Waals surface area contributed by atoms with Gasteiger partial charge in [-0.1, -0.05) is 26.2 Å². The van der Waals surface area contributed by atoms with Gasteiger partial charge in [0.05, 0.1) is 13.2 Å². The van der Waals surface area contributed by atoms with Crippen molar-refractivity contribution in [3.63, 3.8) is 0 Å². The summed E-state index contributed by atoms with van der Waals surface area (Å²) in [6.07, 6.45) is 5.06. The van der Waals surface area contributed by atoms with E-state index in [0.29, 0.717) is 18.1 Å². The second-order valence-electron chi connectivity index (χ2n) is 6.51. The van der Waals surface area contributed by atoms with E-state index in [4.69, 9.17) is 4.74 Å². The molecule has 3 unspecified atom stereocenters. The molecule has 0 spiro atoms. The third-order valence-corrected chi connectivity index (χ3v) is 4.40. The maximum absolute atomic E-state index is 5.51. The Labute approximate surface area is 136 Å². The second-order valence-corrected chi connectivity index (χ2v) is 6.51. The van der Waals surface area contributed by atoms with Crippen LogP contribution in [0.4, 0.5) is 0 Å². The highest BCUT2D eigenvalue weighted by Gasteiger charge is 2.23. The van der Waals surface area contributed by atoms with Gasteiger partial charge in [0, 0.05) is 38.3 Å². The molecule has 0 amide bonds. The fourth-order valence-corrected chi connectivity index (χ4v) is 2.96. The predicted octanol–water partition coefficient (Wildman–Crippen LogP) is 2.23. The van der Waals surface area contributed by atoms with E-state index in [1.165, 1.54) is 25.7 Å². The van der Waals surface area contributed by atoms with Crippen molar-refractivity contribution in [2.75, 3.05) is 33.4 Å². The van der Waals surface area contributed by atoms with Crippen molar-refractivity contribution in [3.8, 4) is 0 Å². The molecule has 0 bridgehead atoms. The third-order valence-electron chi connectivity index (χ3n) is 4.40. The molecular weight excluding hydrogens is 276 g/mol. The van der Waals surface area contributed by atoms with Gasteiger partial charge in [0.1, 0.15) is 0 Å². The number of aliphatic imine (C=N–C) groups is 1. The second kappa shape index (κ2) is 10.8. The van der Waals surface area contributed by atoms with Crippen LogP contribution in [0.1, 0.15) is 53.4 Å². The highest BCUT2D eigenvalue weighted by atomic mass is 16.5. The quantitative estimate of drug-likeness (QED) is 0.410. The Morgan fingerprint density at radius 3 is 2.77 bits per heavy atom. The number of nitrogens with zero attached hydrogens (tertiary/aromatic N) is 2. The van der Waals surface area contributed by atoms with E-state index in [9.17, 15) is 0 Å². The molecule has 2 N–H and O–H groups in total. The van der Waals surface area contributed by atoms with Crippen molar-refractivity contribution in [1.82, 2.24) is 15.5 Å². The van der Waals surface area contributed by atoms with Gasteiger partial charge in [-0.15, -0.1) is 0 Å². The molecule has 130 valence electrons. The predicted molar refractivity (Wildman–Crippen MR) is 94.6 cm³/mol. The van der Waals surface area contributed by atoms with E-state index < -0.39 is 0 Å². The maximum Gasteiger partial charge on any atom is 0.191 e. The van der Waals surface area contributed by atoms with Crippen LogP contribution < -0.4 is 10.6 Å². The largest absolute Gasteiger partial charge is 0.379 e. The zero-order valence-corrected chi connectivity index (χ0v) is 15.2. The lowest BCUT2D eigenvalue weighted by atomic mass is 10.1. The van der Waals surface area contributed by atoms with Crippen LogP contribution >= 0.6 is 0 Å². The van der Waals surface area contributed by atoms with Gasteiger partial charge >= 0.3 is 0 Å². The van der Waals surface area contributed by atoms with Crippen LogP contribution in [0.5, 0.6) is 0 Å². The number of ether oxygens (including phenoxy) is 1. The average molecular weight is 313 g/mol. The molecule has 5 nitrogen and oxygen atoms in total.